The van der Waals surface area contributed by atoms with Crippen LogP contribution in [-0.4, -0.2) is 25.9 Å². The van der Waals surface area contributed by atoms with E-state index in [0.717, 1.165) is 10.2 Å². The zero-order chi connectivity index (χ0) is 17.5. The number of ketones is 1. The molecule has 0 atom stereocenters. The molecule has 0 aliphatic carbocycles. The lowest BCUT2D eigenvalue weighted by molar-refractivity contribution is -0.136. The summed E-state index contributed by atoms with van der Waals surface area (Å²) in [6.07, 6.45) is 1.23. The number of carbonyl (C=O) groups excluding carboxylic acids is 2. The maximum absolute atomic E-state index is 12.3. The van der Waals surface area contributed by atoms with Crippen LogP contribution in [-0.2, 0) is 9.53 Å². The molecule has 0 bridgehead atoms. The van der Waals surface area contributed by atoms with Gasteiger partial charge in [0.2, 0.25) is 0 Å². The zero-order valence-electron chi connectivity index (χ0n) is 13.3. The lowest BCUT2D eigenvalue weighted by atomic mass is 10.1. The van der Waals surface area contributed by atoms with Gasteiger partial charge in [-0.2, -0.15) is 0 Å². The van der Waals surface area contributed by atoms with Crippen molar-refractivity contribution in [3.8, 4) is 0 Å². The summed E-state index contributed by atoms with van der Waals surface area (Å²) in [5.41, 5.74) is 4.25. The summed E-state index contributed by atoms with van der Waals surface area (Å²) in [4.78, 5) is 24.2. The van der Waals surface area contributed by atoms with Gasteiger partial charge in [-0.1, -0.05) is 46.3 Å². The molecule has 0 aliphatic rings. The van der Waals surface area contributed by atoms with Crippen LogP contribution in [0, 0.1) is 0 Å². The maximum atomic E-state index is 12.3. The monoisotopic (exact) mass is 388 g/mol. The van der Waals surface area contributed by atoms with E-state index in [1.54, 1.807) is 36.3 Å². The van der Waals surface area contributed by atoms with Crippen LogP contribution >= 0.6 is 15.9 Å². The quantitative estimate of drug-likeness (QED) is 0.356. The third-order valence-electron chi connectivity index (χ3n) is 3.24. The van der Waals surface area contributed by atoms with E-state index in [9.17, 15) is 9.59 Å². The SMILES string of the molecule is COC(=O)/C(=C/C(=O)c1ccccc1)NN(C)c1ccc(Br)cc1. The van der Waals surface area contributed by atoms with Crippen molar-refractivity contribution >= 4 is 33.4 Å². The molecule has 124 valence electrons. The maximum Gasteiger partial charge on any atom is 0.356 e. The minimum absolute atomic E-state index is 0.0526. The summed E-state index contributed by atoms with van der Waals surface area (Å²) in [5.74, 6) is -0.907. The molecule has 1 N–H and O–H groups in total. The van der Waals surface area contributed by atoms with Gasteiger partial charge in [-0.15, -0.1) is 0 Å². The average Bonchev–Trinajstić information content (AvgIpc) is 2.61. The fourth-order valence-corrected chi connectivity index (χ4v) is 2.24. The molecule has 0 amide bonds. The summed E-state index contributed by atoms with van der Waals surface area (Å²) < 4.78 is 5.70. The number of hydrazine groups is 1. The number of hydrogen-bond acceptors (Lipinski definition) is 5. The molecule has 0 aliphatic heterocycles. The third-order valence-corrected chi connectivity index (χ3v) is 3.77. The van der Waals surface area contributed by atoms with Crippen LogP contribution in [0.15, 0.2) is 70.8 Å². The summed E-state index contributed by atoms with van der Waals surface area (Å²) in [5, 5.41) is 1.63. The van der Waals surface area contributed by atoms with E-state index in [2.05, 4.69) is 21.4 Å². The van der Waals surface area contributed by atoms with Crippen molar-refractivity contribution in [3.05, 3.63) is 76.4 Å². The van der Waals surface area contributed by atoms with Crippen molar-refractivity contribution < 1.29 is 14.3 Å². The van der Waals surface area contributed by atoms with Crippen LogP contribution in [0.1, 0.15) is 10.4 Å². The highest BCUT2D eigenvalue weighted by molar-refractivity contribution is 9.10. The Morgan fingerprint density at radius 3 is 2.29 bits per heavy atom. The highest BCUT2D eigenvalue weighted by Gasteiger charge is 2.15. The van der Waals surface area contributed by atoms with Gasteiger partial charge >= 0.3 is 5.97 Å². The number of ether oxygens (including phenoxy) is 1. The van der Waals surface area contributed by atoms with Crippen molar-refractivity contribution in [3.63, 3.8) is 0 Å². The molecule has 0 fully saturated rings. The van der Waals surface area contributed by atoms with Gasteiger partial charge in [0.15, 0.2) is 5.78 Å². The van der Waals surface area contributed by atoms with Crippen molar-refractivity contribution in [2.75, 3.05) is 19.2 Å². The molecule has 2 aromatic rings. The highest BCUT2D eigenvalue weighted by atomic mass is 79.9. The molecule has 24 heavy (non-hydrogen) atoms. The minimum atomic E-state index is -0.622. The van der Waals surface area contributed by atoms with Crippen molar-refractivity contribution in [1.82, 2.24) is 5.43 Å². The molecular weight excluding hydrogens is 372 g/mol. The normalized spacial score (nSPS) is 10.9. The van der Waals surface area contributed by atoms with Crippen molar-refractivity contribution in [1.29, 1.82) is 0 Å². The topological polar surface area (TPSA) is 58.6 Å². The minimum Gasteiger partial charge on any atom is -0.464 e. The number of methoxy groups -OCH3 is 1. The van der Waals surface area contributed by atoms with Crippen molar-refractivity contribution in [2.24, 2.45) is 0 Å². The van der Waals surface area contributed by atoms with E-state index in [1.165, 1.54) is 13.2 Å². The van der Waals surface area contributed by atoms with Gasteiger partial charge in [-0.3, -0.25) is 15.2 Å². The first-order valence-electron chi connectivity index (χ1n) is 7.16. The number of hydrogen-bond donors (Lipinski definition) is 1. The summed E-state index contributed by atoms with van der Waals surface area (Å²) in [6, 6.07) is 16.2. The van der Waals surface area contributed by atoms with Gasteiger partial charge in [0.1, 0.15) is 5.70 Å². The fourth-order valence-electron chi connectivity index (χ4n) is 1.97. The lowest BCUT2D eigenvalue weighted by Crippen LogP contribution is -2.37. The van der Waals surface area contributed by atoms with Gasteiger partial charge in [0.05, 0.1) is 12.8 Å². The standard InChI is InChI=1S/C18H17BrN2O3/c1-21(15-10-8-14(19)9-11-15)20-16(18(23)24-2)12-17(22)13-6-4-3-5-7-13/h3-12,20H,1-2H3/b16-12-. The smallest absolute Gasteiger partial charge is 0.356 e. The first-order chi connectivity index (χ1) is 11.5. The van der Waals surface area contributed by atoms with Gasteiger partial charge < -0.3 is 4.74 Å². The number of halogens is 1. The van der Waals surface area contributed by atoms with Gasteiger partial charge in [0, 0.05) is 23.2 Å². The number of allylic oxidation sites excluding steroid dienone is 1. The first-order valence-corrected chi connectivity index (χ1v) is 7.96. The fraction of sp³-hybridized carbons (Fsp3) is 0.111. The Morgan fingerprint density at radius 2 is 1.71 bits per heavy atom. The predicted molar refractivity (Wildman–Crippen MR) is 96.6 cm³/mol. The Kier molecular flexibility index (Phi) is 6.14. The average molecular weight is 389 g/mol. The van der Waals surface area contributed by atoms with E-state index in [0.29, 0.717) is 5.56 Å². The number of carbonyl (C=O) groups is 2. The summed E-state index contributed by atoms with van der Waals surface area (Å²) >= 11 is 3.37. The summed E-state index contributed by atoms with van der Waals surface area (Å²) in [7, 11) is 3.01. The number of anilines is 1. The van der Waals surface area contributed by atoms with Crippen LogP contribution < -0.4 is 10.4 Å². The molecule has 6 heteroatoms. The van der Waals surface area contributed by atoms with Crippen LogP contribution in [0.4, 0.5) is 5.69 Å². The second-order valence-electron chi connectivity index (χ2n) is 4.93. The number of nitrogens with one attached hydrogen (secondary N) is 1. The molecule has 2 rings (SSSR count). The number of rotatable bonds is 6. The lowest BCUT2D eigenvalue weighted by Gasteiger charge is -2.22. The highest BCUT2D eigenvalue weighted by Crippen LogP contribution is 2.16. The molecule has 0 heterocycles. The van der Waals surface area contributed by atoms with E-state index < -0.39 is 5.97 Å². The summed E-state index contributed by atoms with van der Waals surface area (Å²) in [6.45, 7) is 0. The molecule has 0 unspecified atom stereocenters. The number of benzene rings is 2. The van der Waals surface area contributed by atoms with Crippen LogP contribution in [0.2, 0.25) is 0 Å². The van der Waals surface area contributed by atoms with E-state index in [4.69, 9.17) is 4.74 Å². The molecule has 0 radical (unpaired) electrons. The Balaban J connectivity index is 2.22. The van der Waals surface area contributed by atoms with Crippen LogP contribution in [0.5, 0.6) is 0 Å². The number of nitrogens with zero attached hydrogens (tertiary/aromatic N) is 1. The van der Waals surface area contributed by atoms with Crippen molar-refractivity contribution in [2.45, 2.75) is 0 Å². The van der Waals surface area contributed by atoms with Crippen LogP contribution in [0.25, 0.3) is 0 Å². The number of esters is 1. The second-order valence-corrected chi connectivity index (χ2v) is 5.84. The van der Waals surface area contributed by atoms with E-state index in [1.807, 2.05) is 30.3 Å². The second kappa shape index (κ2) is 8.31. The molecule has 0 spiro atoms. The van der Waals surface area contributed by atoms with Gasteiger partial charge in [-0.25, -0.2) is 4.79 Å². The largest absolute Gasteiger partial charge is 0.464 e. The van der Waals surface area contributed by atoms with E-state index >= 15 is 0 Å². The Hall–Kier alpha value is -2.60. The molecule has 0 aromatic heterocycles. The van der Waals surface area contributed by atoms with Gasteiger partial charge in [-0.05, 0) is 24.3 Å². The zero-order valence-corrected chi connectivity index (χ0v) is 14.9. The van der Waals surface area contributed by atoms with E-state index in [-0.39, 0.29) is 11.5 Å². The van der Waals surface area contributed by atoms with Crippen LogP contribution in [0.3, 0.4) is 0 Å². The molecular formula is C18H17BrN2O3. The first kappa shape index (κ1) is 17.7. The Morgan fingerprint density at radius 1 is 1.08 bits per heavy atom. The molecule has 0 saturated heterocycles. The Labute approximate surface area is 149 Å². The van der Waals surface area contributed by atoms with Gasteiger partial charge in [0.25, 0.3) is 0 Å². The molecule has 5 nitrogen and oxygen atoms in total. The predicted octanol–water partition coefficient (Wildman–Crippen LogP) is 3.33. The Bertz CT molecular complexity index is 743. The molecule has 0 saturated carbocycles. The third kappa shape index (κ3) is 4.70. The molecule has 2 aromatic carbocycles.